The van der Waals surface area contributed by atoms with E-state index in [0.717, 1.165) is 4.68 Å². The van der Waals surface area contributed by atoms with Crippen LogP contribution in [0, 0.1) is 0 Å². The summed E-state index contributed by atoms with van der Waals surface area (Å²) in [6, 6.07) is 4.25. The van der Waals surface area contributed by atoms with E-state index in [1.165, 1.54) is 13.1 Å². The van der Waals surface area contributed by atoms with Gasteiger partial charge in [0.05, 0.1) is 17.8 Å². The molecule has 2 aromatic rings. The number of ketones is 1. The van der Waals surface area contributed by atoms with Crippen LogP contribution >= 0.6 is 11.6 Å². The van der Waals surface area contributed by atoms with Crippen molar-refractivity contribution in [3.8, 4) is 0 Å². The molecule has 0 saturated carbocycles. The predicted molar refractivity (Wildman–Crippen MR) is 79.8 cm³/mol. The molecule has 2 unspecified atom stereocenters. The van der Waals surface area contributed by atoms with E-state index in [1.54, 1.807) is 24.3 Å². The summed E-state index contributed by atoms with van der Waals surface area (Å²) in [5.41, 5.74) is 0.696. The van der Waals surface area contributed by atoms with Crippen molar-refractivity contribution in [3.05, 3.63) is 46.6 Å². The maximum Gasteiger partial charge on any atom is 0.410 e. The number of carbonyl (C=O) groups is 1. The molecule has 1 N–H and O–H groups in total. The molecule has 1 aromatic heterocycles. The number of fused-ring (bicyclic) bond motifs is 1. The van der Waals surface area contributed by atoms with Gasteiger partial charge < -0.3 is 5.32 Å². The first-order valence-corrected chi connectivity index (χ1v) is 7.33. The van der Waals surface area contributed by atoms with Crippen LogP contribution in [0.2, 0.25) is 5.02 Å². The molecule has 0 amide bonds. The number of hydrogen-bond acceptors (Lipinski definition) is 3. The Morgan fingerprint density at radius 2 is 2.09 bits per heavy atom. The molecule has 0 fully saturated rings. The lowest BCUT2D eigenvalue weighted by molar-refractivity contribution is -0.173. The zero-order valence-electron chi connectivity index (χ0n) is 12.1. The van der Waals surface area contributed by atoms with Crippen molar-refractivity contribution in [2.75, 3.05) is 5.32 Å². The molecule has 122 valence electrons. The molecular weight excluding hydrogens is 331 g/mol. The molecule has 0 spiro atoms. The zero-order valence-corrected chi connectivity index (χ0v) is 12.8. The summed E-state index contributed by atoms with van der Waals surface area (Å²) < 4.78 is 41.1. The quantitative estimate of drug-likeness (QED) is 0.822. The molecule has 8 heteroatoms. The minimum Gasteiger partial charge on any atom is -0.363 e. The van der Waals surface area contributed by atoms with E-state index in [0.29, 0.717) is 10.6 Å². The second kappa shape index (κ2) is 5.56. The van der Waals surface area contributed by atoms with Gasteiger partial charge in [-0.1, -0.05) is 29.8 Å². The van der Waals surface area contributed by atoms with Gasteiger partial charge in [0.15, 0.2) is 11.8 Å². The number of aromatic nitrogens is 2. The van der Waals surface area contributed by atoms with E-state index < -0.39 is 18.3 Å². The van der Waals surface area contributed by atoms with Gasteiger partial charge in [-0.25, -0.2) is 4.68 Å². The third kappa shape index (κ3) is 2.81. The van der Waals surface area contributed by atoms with E-state index in [9.17, 15) is 18.0 Å². The first-order chi connectivity index (χ1) is 10.8. The van der Waals surface area contributed by atoms with Crippen molar-refractivity contribution in [2.45, 2.75) is 31.6 Å². The lowest BCUT2D eigenvalue weighted by Crippen LogP contribution is -2.36. The summed E-state index contributed by atoms with van der Waals surface area (Å²) in [6.45, 7) is 1.29. The second-order valence-corrected chi connectivity index (χ2v) is 5.83. The summed E-state index contributed by atoms with van der Waals surface area (Å²) in [5.74, 6) is -0.268. The Hall–Kier alpha value is -2.02. The van der Waals surface area contributed by atoms with E-state index in [2.05, 4.69) is 10.4 Å². The third-order valence-electron chi connectivity index (χ3n) is 3.90. The van der Waals surface area contributed by atoms with Crippen molar-refractivity contribution < 1.29 is 18.0 Å². The highest BCUT2D eigenvalue weighted by molar-refractivity contribution is 6.31. The predicted octanol–water partition coefficient (Wildman–Crippen LogP) is 4.40. The van der Waals surface area contributed by atoms with Crippen LogP contribution in [0.1, 0.15) is 41.3 Å². The van der Waals surface area contributed by atoms with Gasteiger partial charge >= 0.3 is 6.18 Å². The van der Waals surface area contributed by atoms with Crippen LogP contribution in [0.15, 0.2) is 30.5 Å². The summed E-state index contributed by atoms with van der Waals surface area (Å²) in [5, 5.41) is 7.12. The fraction of sp³-hybridized carbons (Fsp3) is 0.333. The molecule has 1 aliphatic heterocycles. The number of Topliss-reactive ketones (excluding diaryl/α,β-unsaturated/α-hetero) is 1. The Balaban J connectivity index is 2.09. The van der Waals surface area contributed by atoms with Crippen LogP contribution in [0.5, 0.6) is 0 Å². The summed E-state index contributed by atoms with van der Waals surface area (Å²) in [6.07, 6.45) is -3.56. The Morgan fingerprint density at radius 1 is 1.39 bits per heavy atom. The SMILES string of the molecule is CC(=O)c1cnn2c1NC(c1ccccc1Cl)CC2C(F)(F)F. The summed E-state index contributed by atoms with van der Waals surface area (Å²) in [7, 11) is 0. The van der Waals surface area contributed by atoms with Crippen molar-refractivity contribution in [1.29, 1.82) is 0 Å². The molecule has 1 aliphatic rings. The van der Waals surface area contributed by atoms with E-state index in [-0.39, 0.29) is 23.6 Å². The Labute approximate surface area is 135 Å². The van der Waals surface area contributed by atoms with Crippen LogP contribution in [0.4, 0.5) is 19.0 Å². The molecular formula is C15H13ClF3N3O. The largest absolute Gasteiger partial charge is 0.410 e. The molecule has 0 bridgehead atoms. The Kier molecular flexibility index (Phi) is 3.83. The number of hydrogen-bond donors (Lipinski definition) is 1. The van der Waals surface area contributed by atoms with Crippen LogP contribution < -0.4 is 5.32 Å². The highest BCUT2D eigenvalue weighted by atomic mass is 35.5. The van der Waals surface area contributed by atoms with E-state index in [1.807, 2.05) is 0 Å². The van der Waals surface area contributed by atoms with Crippen molar-refractivity contribution in [2.24, 2.45) is 0 Å². The number of alkyl halides is 3. The first kappa shape index (κ1) is 15.9. The van der Waals surface area contributed by atoms with Crippen LogP contribution in [0.3, 0.4) is 0 Å². The minimum absolute atomic E-state index is 0.0796. The smallest absolute Gasteiger partial charge is 0.363 e. The molecule has 2 heterocycles. The van der Waals surface area contributed by atoms with Gasteiger partial charge in [0, 0.05) is 11.4 Å². The number of halogens is 4. The van der Waals surface area contributed by atoms with E-state index >= 15 is 0 Å². The maximum absolute atomic E-state index is 13.4. The van der Waals surface area contributed by atoms with Crippen LogP contribution in [0.25, 0.3) is 0 Å². The molecule has 23 heavy (non-hydrogen) atoms. The number of anilines is 1. The average Bonchev–Trinajstić information content (AvgIpc) is 2.89. The van der Waals surface area contributed by atoms with Crippen LogP contribution in [-0.4, -0.2) is 21.7 Å². The Morgan fingerprint density at radius 3 is 2.70 bits per heavy atom. The highest BCUT2D eigenvalue weighted by Gasteiger charge is 2.47. The molecule has 0 saturated heterocycles. The topological polar surface area (TPSA) is 46.9 Å². The highest BCUT2D eigenvalue weighted by Crippen LogP contribution is 2.45. The van der Waals surface area contributed by atoms with Gasteiger partial charge in [0.2, 0.25) is 0 Å². The third-order valence-corrected chi connectivity index (χ3v) is 4.24. The normalized spacial score (nSPS) is 20.7. The Bertz CT molecular complexity index is 757. The standard InChI is InChI=1S/C15H13ClF3N3O/c1-8(23)10-7-20-22-13(15(17,18)19)6-12(21-14(10)22)9-4-2-3-5-11(9)16/h2-5,7,12-13,21H,6H2,1H3. The lowest BCUT2D eigenvalue weighted by Gasteiger charge is -2.34. The molecule has 0 radical (unpaired) electrons. The number of rotatable bonds is 2. The summed E-state index contributed by atoms with van der Waals surface area (Å²) >= 11 is 6.11. The summed E-state index contributed by atoms with van der Waals surface area (Å²) in [4.78, 5) is 11.6. The van der Waals surface area contributed by atoms with Gasteiger partial charge in [-0.3, -0.25) is 4.79 Å². The fourth-order valence-electron chi connectivity index (χ4n) is 2.78. The van der Waals surface area contributed by atoms with Gasteiger partial charge in [0.25, 0.3) is 0 Å². The minimum atomic E-state index is -4.48. The number of nitrogens with one attached hydrogen (secondary N) is 1. The van der Waals surface area contributed by atoms with Crippen molar-refractivity contribution in [1.82, 2.24) is 9.78 Å². The number of benzene rings is 1. The maximum atomic E-state index is 13.4. The number of carbonyl (C=O) groups excluding carboxylic acids is 1. The fourth-order valence-corrected chi connectivity index (χ4v) is 3.05. The molecule has 1 aromatic carbocycles. The van der Waals surface area contributed by atoms with Gasteiger partial charge in [-0.05, 0) is 18.6 Å². The van der Waals surface area contributed by atoms with Crippen LogP contribution in [-0.2, 0) is 0 Å². The second-order valence-electron chi connectivity index (χ2n) is 5.42. The monoisotopic (exact) mass is 343 g/mol. The van der Waals surface area contributed by atoms with Crippen molar-refractivity contribution >= 4 is 23.2 Å². The molecule has 2 atom stereocenters. The van der Waals surface area contributed by atoms with Gasteiger partial charge in [0.1, 0.15) is 5.82 Å². The first-order valence-electron chi connectivity index (χ1n) is 6.95. The zero-order chi connectivity index (χ0) is 16.8. The average molecular weight is 344 g/mol. The van der Waals surface area contributed by atoms with Gasteiger partial charge in [-0.2, -0.15) is 18.3 Å². The van der Waals surface area contributed by atoms with Gasteiger partial charge in [-0.15, -0.1) is 0 Å². The lowest BCUT2D eigenvalue weighted by atomic mass is 9.96. The van der Waals surface area contributed by atoms with E-state index in [4.69, 9.17) is 11.6 Å². The number of nitrogens with zero attached hydrogens (tertiary/aromatic N) is 2. The molecule has 4 nitrogen and oxygen atoms in total. The molecule has 0 aliphatic carbocycles. The van der Waals surface area contributed by atoms with Crippen molar-refractivity contribution in [3.63, 3.8) is 0 Å². The molecule has 3 rings (SSSR count).